The number of carboxylic acid groups (broad SMARTS) is 1. The molecule has 0 heterocycles. The molecule has 0 saturated heterocycles. The lowest BCUT2D eigenvalue weighted by Gasteiger charge is -2.09. The van der Waals surface area contributed by atoms with Crippen LogP contribution in [-0.2, 0) is 0 Å². The van der Waals surface area contributed by atoms with Crippen LogP contribution >= 0.6 is 0 Å². The second-order valence-electron chi connectivity index (χ2n) is 3.04. The average Bonchev–Trinajstić information content (AvgIpc) is 2.20. The number of terminal acetylenes is 1. The molecule has 1 aromatic carbocycles. The molecule has 0 amide bonds. The van der Waals surface area contributed by atoms with Gasteiger partial charge in [0, 0.05) is 12.0 Å². The highest BCUT2D eigenvalue weighted by Gasteiger charge is 2.10. The molecule has 3 nitrogen and oxygen atoms in total. The lowest BCUT2D eigenvalue weighted by molar-refractivity contribution is 0.0695. The van der Waals surface area contributed by atoms with Crippen molar-refractivity contribution in [1.82, 2.24) is 0 Å². The Labute approximate surface area is 88.7 Å². The highest BCUT2D eigenvalue weighted by Crippen LogP contribution is 2.21. The molecule has 0 bridgehead atoms. The van der Waals surface area contributed by atoms with Crippen LogP contribution in [0.2, 0.25) is 0 Å². The third kappa shape index (κ3) is 2.75. The molecule has 0 fully saturated rings. The number of aromatic carboxylic acids is 1. The predicted octanol–water partition coefficient (Wildman–Crippen LogP) is 2.10. The average molecular weight is 204 g/mol. The van der Waals surface area contributed by atoms with E-state index in [1.54, 1.807) is 25.1 Å². The Hall–Kier alpha value is -1.95. The Morgan fingerprint density at radius 3 is 2.93 bits per heavy atom. The zero-order valence-corrected chi connectivity index (χ0v) is 8.49. The minimum atomic E-state index is -0.949. The fraction of sp³-hybridized carbons (Fsp3) is 0.250. The van der Waals surface area contributed by atoms with E-state index in [0.717, 1.165) is 0 Å². The van der Waals surface area contributed by atoms with Crippen LogP contribution in [0.25, 0.3) is 0 Å². The fourth-order valence-corrected chi connectivity index (χ4v) is 1.22. The van der Waals surface area contributed by atoms with Crippen molar-refractivity contribution >= 4 is 5.97 Å². The van der Waals surface area contributed by atoms with E-state index in [4.69, 9.17) is 16.3 Å². The third-order valence-corrected chi connectivity index (χ3v) is 2.02. The molecule has 15 heavy (non-hydrogen) atoms. The van der Waals surface area contributed by atoms with Crippen molar-refractivity contribution < 1.29 is 14.6 Å². The summed E-state index contributed by atoms with van der Waals surface area (Å²) in [5, 5.41) is 8.87. The first-order chi connectivity index (χ1) is 7.16. The van der Waals surface area contributed by atoms with E-state index >= 15 is 0 Å². The lowest BCUT2D eigenvalue weighted by Crippen LogP contribution is -2.03. The fourth-order valence-electron chi connectivity index (χ4n) is 1.22. The highest BCUT2D eigenvalue weighted by atomic mass is 16.5. The minimum absolute atomic E-state index is 0.258. The molecule has 0 unspecified atom stereocenters. The molecule has 0 aliphatic heterocycles. The smallest absolute Gasteiger partial charge is 0.336 e. The first-order valence-corrected chi connectivity index (χ1v) is 4.56. The van der Waals surface area contributed by atoms with E-state index in [-0.39, 0.29) is 5.56 Å². The summed E-state index contributed by atoms with van der Waals surface area (Å²) in [7, 11) is 0. The number of carboxylic acids is 1. The van der Waals surface area contributed by atoms with Gasteiger partial charge < -0.3 is 9.84 Å². The summed E-state index contributed by atoms with van der Waals surface area (Å²) in [6.07, 6.45) is 5.60. The summed E-state index contributed by atoms with van der Waals surface area (Å²) in [5.74, 6) is 2.08. The van der Waals surface area contributed by atoms with Crippen LogP contribution in [0.5, 0.6) is 5.75 Å². The van der Waals surface area contributed by atoms with Gasteiger partial charge in [0.2, 0.25) is 0 Å². The zero-order valence-electron chi connectivity index (χ0n) is 8.49. The van der Waals surface area contributed by atoms with Gasteiger partial charge in [0.05, 0.1) is 12.2 Å². The van der Waals surface area contributed by atoms with E-state index in [1.807, 2.05) is 0 Å². The maximum atomic E-state index is 10.8. The number of hydrogen-bond acceptors (Lipinski definition) is 2. The molecule has 0 aliphatic rings. The quantitative estimate of drug-likeness (QED) is 0.603. The van der Waals surface area contributed by atoms with Gasteiger partial charge in [-0.15, -0.1) is 12.3 Å². The first-order valence-electron chi connectivity index (χ1n) is 4.56. The molecule has 0 saturated carbocycles. The van der Waals surface area contributed by atoms with Crippen molar-refractivity contribution in [2.75, 3.05) is 6.61 Å². The summed E-state index contributed by atoms with van der Waals surface area (Å²) in [5.41, 5.74) is 0.884. The van der Waals surface area contributed by atoms with Crippen LogP contribution in [0.4, 0.5) is 0 Å². The van der Waals surface area contributed by atoms with Gasteiger partial charge in [0.15, 0.2) is 0 Å². The number of hydrogen-bond donors (Lipinski definition) is 1. The number of benzene rings is 1. The van der Waals surface area contributed by atoms with Gasteiger partial charge in [0.1, 0.15) is 5.75 Å². The normalized spacial score (nSPS) is 9.33. The van der Waals surface area contributed by atoms with E-state index in [1.165, 1.54) is 0 Å². The van der Waals surface area contributed by atoms with Gasteiger partial charge in [-0.1, -0.05) is 6.07 Å². The lowest BCUT2D eigenvalue weighted by atomic mass is 10.1. The van der Waals surface area contributed by atoms with Crippen LogP contribution in [-0.4, -0.2) is 17.7 Å². The van der Waals surface area contributed by atoms with E-state index in [2.05, 4.69) is 5.92 Å². The molecule has 0 aromatic heterocycles. The maximum absolute atomic E-state index is 10.8. The number of rotatable bonds is 4. The van der Waals surface area contributed by atoms with Gasteiger partial charge in [-0.2, -0.15) is 0 Å². The Balaban J connectivity index is 2.86. The molecule has 0 atom stereocenters. The number of ether oxygens (including phenoxy) is 1. The summed E-state index contributed by atoms with van der Waals surface area (Å²) in [6.45, 7) is 2.12. The Morgan fingerprint density at radius 1 is 1.60 bits per heavy atom. The van der Waals surface area contributed by atoms with Gasteiger partial charge in [-0.25, -0.2) is 4.79 Å². The maximum Gasteiger partial charge on any atom is 0.336 e. The third-order valence-electron chi connectivity index (χ3n) is 2.02. The summed E-state index contributed by atoms with van der Waals surface area (Å²) in [6, 6.07) is 4.94. The molecule has 78 valence electrons. The Kier molecular flexibility index (Phi) is 3.75. The van der Waals surface area contributed by atoms with Crippen LogP contribution in [0, 0.1) is 19.3 Å². The SMILES string of the molecule is C#CCCOc1cccc(C(=O)O)c1C. The Morgan fingerprint density at radius 2 is 2.33 bits per heavy atom. The molecule has 1 aromatic rings. The molecule has 0 radical (unpaired) electrons. The molecule has 1 N–H and O–H groups in total. The van der Waals surface area contributed by atoms with Gasteiger partial charge in [-0.3, -0.25) is 0 Å². The molecular formula is C12H12O3. The standard InChI is InChI=1S/C12H12O3/c1-3-4-8-15-11-7-5-6-10(9(11)2)12(13)14/h1,5-7H,4,8H2,2H3,(H,13,14). The molecule has 3 heteroatoms. The van der Waals surface area contributed by atoms with Crippen molar-refractivity contribution in [1.29, 1.82) is 0 Å². The summed E-state index contributed by atoms with van der Waals surface area (Å²) < 4.78 is 5.36. The van der Waals surface area contributed by atoms with Crippen molar-refractivity contribution in [2.24, 2.45) is 0 Å². The molecule has 0 spiro atoms. The highest BCUT2D eigenvalue weighted by molar-refractivity contribution is 5.90. The van der Waals surface area contributed by atoms with Crippen LogP contribution in [0.1, 0.15) is 22.3 Å². The molecular weight excluding hydrogens is 192 g/mol. The van der Waals surface area contributed by atoms with Crippen molar-refractivity contribution in [3.8, 4) is 18.1 Å². The van der Waals surface area contributed by atoms with Gasteiger partial charge >= 0.3 is 5.97 Å². The molecule has 0 aliphatic carbocycles. The number of carbonyl (C=O) groups is 1. The van der Waals surface area contributed by atoms with Crippen LogP contribution < -0.4 is 4.74 Å². The summed E-state index contributed by atoms with van der Waals surface area (Å²) in [4.78, 5) is 10.8. The minimum Gasteiger partial charge on any atom is -0.492 e. The monoisotopic (exact) mass is 204 g/mol. The Bertz CT molecular complexity index is 402. The van der Waals surface area contributed by atoms with E-state index < -0.39 is 5.97 Å². The summed E-state index contributed by atoms with van der Waals surface area (Å²) >= 11 is 0. The second-order valence-corrected chi connectivity index (χ2v) is 3.04. The van der Waals surface area contributed by atoms with Crippen molar-refractivity contribution in [3.05, 3.63) is 29.3 Å². The van der Waals surface area contributed by atoms with Gasteiger partial charge in [-0.05, 0) is 19.1 Å². The molecule has 1 rings (SSSR count). The van der Waals surface area contributed by atoms with Gasteiger partial charge in [0.25, 0.3) is 0 Å². The van der Waals surface area contributed by atoms with Crippen molar-refractivity contribution in [2.45, 2.75) is 13.3 Å². The van der Waals surface area contributed by atoms with Crippen LogP contribution in [0.3, 0.4) is 0 Å². The zero-order chi connectivity index (χ0) is 11.3. The second kappa shape index (κ2) is 5.06. The first kappa shape index (κ1) is 11.1. The topological polar surface area (TPSA) is 46.5 Å². The van der Waals surface area contributed by atoms with Crippen LogP contribution in [0.15, 0.2) is 18.2 Å². The van der Waals surface area contributed by atoms with E-state index in [0.29, 0.717) is 24.3 Å². The predicted molar refractivity (Wildman–Crippen MR) is 57.1 cm³/mol. The largest absolute Gasteiger partial charge is 0.492 e. The van der Waals surface area contributed by atoms with E-state index in [9.17, 15) is 4.79 Å². The van der Waals surface area contributed by atoms with Crippen molar-refractivity contribution in [3.63, 3.8) is 0 Å².